The third kappa shape index (κ3) is 4.81. The molecular formula is C18H25N7O2. The van der Waals surface area contributed by atoms with E-state index >= 15 is 0 Å². The van der Waals surface area contributed by atoms with E-state index in [0.29, 0.717) is 31.3 Å². The summed E-state index contributed by atoms with van der Waals surface area (Å²) in [5.74, 6) is 0.898. The Balaban J connectivity index is 1.52. The lowest BCUT2D eigenvalue weighted by Crippen LogP contribution is -2.47. The number of anilines is 1. The van der Waals surface area contributed by atoms with Crippen LogP contribution in [0, 0.1) is 12.8 Å². The predicted molar refractivity (Wildman–Crippen MR) is 99.8 cm³/mol. The van der Waals surface area contributed by atoms with Gasteiger partial charge in [-0.1, -0.05) is 6.07 Å². The van der Waals surface area contributed by atoms with E-state index in [9.17, 15) is 9.59 Å². The van der Waals surface area contributed by atoms with Crippen molar-refractivity contribution >= 4 is 17.8 Å². The number of aryl methyl sites for hydroxylation is 2. The standard InChI is InChI=1S/C18H25N7O2/c1-3-24-12-21-23-16(24)10-20-18(27)25-8-4-5-14(11-25)17(26)22-15-7-6-13(2)9-19-15/h6-7,9,12,14H,3-5,8,10-11H2,1-2H3,(H,20,27)(H,19,22,26). The average molecular weight is 371 g/mol. The number of nitrogens with zero attached hydrogens (tertiary/aromatic N) is 5. The van der Waals surface area contributed by atoms with Crippen LogP contribution >= 0.6 is 0 Å². The van der Waals surface area contributed by atoms with Crippen molar-refractivity contribution in [3.63, 3.8) is 0 Å². The topological polar surface area (TPSA) is 105 Å². The van der Waals surface area contributed by atoms with Crippen LogP contribution in [0.15, 0.2) is 24.7 Å². The number of hydrogen-bond acceptors (Lipinski definition) is 5. The molecule has 0 spiro atoms. The highest BCUT2D eigenvalue weighted by atomic mass is 16.2. The number of aromatic nitrogens is 4. The summed E-state index contributed by atoms with van der Waals surface area (Å²) in [7, 11) is 0. The van der Waals surface area contributed by atoms with Gasteiger partial charge in [0.05, 0.1) is 12.5 Å². The Morgan fingerprint density at radius 1 is 1.33 bits per heavy atom. The molecule has 1 atom stereocenters. The van der Waals surface area contributed by atoms with Gasteiger partial charge in [0.25, 0.3) is 0 Å². The monoisotopic (exact) mass is 371 g/mol. The number of carbonyl (C=O) groups excluding carboxylic acids is 2. The maximum absolute atomic E-state index is 12.5. The molecule has 1 saturated heterocycles. The number of rotatable bonds is 5. The van der Waals surface area contributed by atoms with Gasteiger partial charge < -0.3 is 20.1 Å². The highest BCUT2D eigenvalue weighted by Gasteiger charge is 2.28. The zero-order valence-electron chi connectivity index (χ0n) is 15.7. The lowest BCUT2D eigenvalue weighted by molar-refractivity contribution is -0.121. The van der Waals surface area contributed by atoms with E-state index in [-0.39, 0.29) is 17.9 Å². The third-order valence-corrected chi connectivity index (χ3v) is 4.68. The lowest BCUT2D eigenvalue weighted by atomic mass is 9.97. The largest absolute Gasteiger partial charge is 0.331 e. The van der Waals surface area contributed by atoms with Crippen LogP contribution in [-0.2, 0) is 17.9 Å². The fourth-order valence-corrected chi connectivity index (χ4v) is 3.09. The maximum atomic E-state index is 12.5. The van der Waals surface area contributed by atoms with E-state index in [1.165, 1.54) is 0 Å². The zero-order valence-corrected chi connectivity index (χ0v) is 15.7. The van der Waals surface area contributed by atoms with Crippen LogP contribution in [0.3, 0.4) is 0 Å². The Kier molecular flexibility index (Phi) is 6.00. The average Bonchev–Trinajstić information content (AvgIpc) is 3.15. The quantitative estimate of drug-likeness (QED) is 0.830. The third-order valence-electron chi connectivity index (χ3n) is 4.68. The Labute approximate surface area is 158 Å². The second kappa shape index (κ2) is 8.61. The number of carbonyl (C=O) groups is 2. The molecule has 0 radical (unpaired) electrons. The maximum Gasteiger partial charge on any atom is 0.317 e. The normalized spacial score (nSPS) is 16.8. The van der Waals surface area contributed by atoms with E-state index in [1.54, 1.807) is 23.5 Å². The van der Waals surface area contributed by atoms with Crippen LogP contribution in [0.2, 0.25) is 0 Å². The van der Waals surface area contributed by atoms with Crippen LogP contribution in [0.5, 0.6) is 0 Å². The second-order valence-electron chi connectivity index (χ2n) is 6.69. The summed E-state index contributed by atoms with van der Waals surface area (Å²) in [6, 6.07) is 3.49. The molecule has 0 bridgehead atoms. The Bertz CT molecular complexity index is 787. The summed E-state index contributed by atoms with van der Waals surface area (Å²) in [5.41, 5.74) is 1.03. The highest BCUT2D eigenvalue weighted by Crippen LogP contribution is 2.18. The molecule has 0 aromatic carbocycles. The number of urea groups is 1. The molecule has 2 N–H and O–H groups in total. The summed E-state index contributed by atoms with van der Waals surface area (Å²) in [6.45, 7) is 6.03. The molecule has 3 rings (SSSR count). The minimum absolute atomic E-state index is 0.102. The molecular weight excluding hydrogens is 346 g/mol. The minimum Gasteiger partial charge on any atom is -0.331 e. The van der Waals surface area contributed by atoms with Crippen molar-refractivity contribution in [2.45, 2.75) is 39.8 Å². The van der Waals surface area contributed by atoms with Crippen LogP contribution < -0.4 is 10.6 Å². The van der Waals surface area contributed by atoms with Crippen molar-refractivity contribution in [2.24, 2.45) is 5.92 Å². The number of amides is 3. The molecule has 1 fully saturated rings. The number of hydrogen-bond donors (Lipinski definition) is 2. The second-order valence-corrected chi connectivity index (χ2v) is 6.69. The van der Waals surface area contributed by atoms with E-state index in [1.807, 2.05) is 24.5 Å². The predicted octanol–water partition coefficient (Wildman–Crippen LogP) is 1.56. The SMILES string of the molecule is CCn1cnnc1CNC(=O)N1CCCC(C(=O)Nc2ccc(C)cn2)C1. The van der Waals surface area contributed by atoms with Crippen LogP contribution in [0.1, 0.15) is 31.2 Å². The molecule has 0 aliphatic carbocycles. The van der Waals surface area contributed by atoms with Gasteiger partial charge in [-0.15, -0.1) is 10.2 Å². The molecule has 2 aromatic rings. The van der Waals surface area contributed by atoms with Crippen molar-refractivity contribution in [3.8, 4) is 0 Å². The minimum atomic E-state index is -0.244. The van der Waals surface area contributed by atoms with Gasteiger partial charge >= 0.3 is 6.03 Å². The van der Waals surface area contributed by atoms with Gasteiger partial charge in [0.2, 0.25) is 5.91 Å². The molecule has 1 unspecified atom stereocenters. The lowest BCUT2D eigenvalue weighted by Gasteiger charge is -2.32. The zero-order chi connectivity index (χ0) is 19.2. The summed E-state index contributed by atoms with van der Waals surface area (Å²) in [4.78, 5) is 30.9. The van der Waals surface area contributed by atoms with Gasteiger partial charge in [-0.3, -0.25) is 4.79 Å². The fourth-order valence-electron chi connectivity index (χ4n) is 3.09. The summed E-state index contributed by atoms with van der Waals surface area (Å²) >= 11 is 0. The summed E-state index contributed by atoms with van der Waals surface area (Å²) < 4.78 is 1.88. The van der Waals surface area contributed by atoms with E-state index < -0.39 is 0 Å². The smallest absolute Gasteiger partial charge is 0.317 e. The summed E-state index contributed by atoms with van der Waals surface area (Å²) in [5, 5.41) is 13.6. The van der Waals surface area contributed by atoms with Gasteiger partial charge in [0.1, 0.15) is 12.1 Å². The van der Waals surface area contributed by atoms with Crippen LogP contribution in [0.25, 0.3) is 0 Å². The Morgan fingerprint density at radius 3 is 2.93 bits per heavy atom. The van der Waals surface area contributed by atoms with Gasteiger partial charge in [0.15, 0.2) is 5.82 Å². The number of likely N-dealkylation sites (tertiary alicyclic amines) is 1. The number of piperidine rings is 1. The van der Waals surface area contributed by atoms with Crippen LogP contribution in [-0.4, -0.2) is 49.7 Å². The van der Waals surface area contributed by atoms with Crippen molar-refractivity contribution in [1.82, 2.24) is 30.0 Å². The van der Waals surface area contributed by atoms with Gasteiger partial charge in [0, 0.05) is 25.8 Å². The molecule has 1 aliphatic heterocycles. The number of nitrogens with one attached hydrogen (secondary N) is 2. The molecule has 3 amide bonds. The van der Waals surface area contributed by atoms with Crippen molar-refractivity contribution in [3.05, 3.63) is 36.0 Å². The Morgan fingerprint density at radius 2 is 2.19 bits per heavy atom. The van der Waals surface area contributed by atoms with Crippen LogP contribution in [0.4, 0.5) is 10.6 Å². The van der Waals surface area contributed by atoms with Crippen molar-refractivity contribution < 1.29 is 9.59 Å². The van der Waals surface area contributed by atoms with Gasteiger partial charge in [-0.05, 0) is 38.3 Å². The van der Waals surface area contributed by atoms with Crippen molar-refractivity contribution in [1.29, 1.82) is 0 Å². The van der Waals surface area contributed by atoms with E-state index in [2.05, 4.69) is 25.8 Å². The first-order valence-electron chi connectivity index (χ1n) is 9.19. The molecule has 2 aromatic heterocycles. The Hall–Kier alpha value is -2.97. The molecule has 9 heteroatoms. The number of pyridine rings is 1. The first-order chi connectivity index (χ1) is 13.1. The molecule has 9 nitrogen and oxygen atoms in total. The molecule has 3 heterocycles. The fraction of sp³-hybridized carbons (Fsp3) is 0.500. The summed E-state index contributed by atoms with van der Waals surface area (Å²) in [6.07, 6.45) is 4.90. The van der Waals surface area contributed by atoms with Gasteiger partial charge in [-0.2, -0.15) is 0 Å². The first kappa shape index (κ1) is 18.8. The van der Waals surface area contributed by atoms with Gasteiger partial charge in [-0.25, -0.2) is 9.78 Å². The molecule has 1 aliphatic rings. The van der Waals surface area contributed by atoms with E-state index in [0.717, 1.165) is 24.9 Å². The van der Waals surface area contributed by atoms with Crippen molar-refractivity contribution in [2.75, 3.05) is 18.4 Å². The molecule has 27 heavy (non-hydrogen) atoms. The highest BCUT2D eigenvalue weighted by molar-refractivity contribution is 5.92. The molecule has 144 valence electrons. The van der Waals surface area contributed by atoms with E-state index in [4.69, 9.17) is 0 Å². The first-order valence-corrected chi connectivity index (χ1v) is 9.19. The molecule has 0 saturated carbocycles.